The van der Waals surface area contributed by atoms with Gasteiger partial charge in [0.25, 0.3) is 0 Å². The molecule has 5 heteroatoms. The summed E-state index contributed by atoms with van der Waals surface area (Å²) in [6, 6.07) is 0. The molecule has 0 amide bonds. The molecule has 0 saturated heterocycles. The molecule has 0 saturated carbocycles. The molecule has 2 atom stereocenters. The van der Waals surface area contributed by atoms with Crippen molar-refractivity contribution in [3.05, 3.63) is 53.3 Å². The van der Waals surface area contributed by atoms with Crippen LogP contribution in [0.5, 0.6) is 0 Å². The van der Waals surface area contributed by atoms with Gasteiger partial charge < -0.3 is 14.6 Å². The number of nitrogens with zero attached hydrogens (tertiary/aromatic N) is 2. The minimum Gasteiger partial charge on any atom is -0.491 e. The highest BCUT2D eigenvalue weighted by molar-refractivity contribution is 5.27. The molecule has 0 heterocycles. The van der Waals surface area contributed by atoms with Crippen molar-refractivity contribution in [2.45, 2.75) is 46.3 Å². The van der Waals surface area contributed by atoms with E-state index in [4.69, 9.17) is 14.9 Å². The van der Waals surface area contributed by atoms with Gasteiger partial charge in [-0.3, -0.25) is 0 Å². The molecule has 0 fully saturated rings. The average Bonchev–Trinajstić information content (AvgIpc) is 2.50. The summed E-state index contributed by atoms with van der Waals surface area (Å²) in [5, 5.41) is 17.5. The fourth-order valence-corrected chi connectivity index (χ4v) is 1.96. The molecule has 0 bridgehead atoms. The Kier molecular flexibility index (Phi) is 6.04. The summed E-state index contributed by atoms with van der Waals surface area (Å²) in [6.45, 7) is 7.99. The lowest BCUT2D eigenvalue weighted by atomic mass is 9.93. The van der Waals surface area contributed by atoms with E-state index < -0.39 is 5.95 Å². The van der Waals surface area contributed by atoms with Crippen LogP contribution in [0.2, 0.25) is 0 Å². The summed E-state index contributed by atoms with van der Waals surface area (Å²) in [4.78, 5) is 2.69. The van der Waals surface area contributed by atoms with Gasteiger partial charge >= 0.3 is 12.1 Å². The Morgan fingerprint density at radius 2 is 2.10 bits per heavy atom. The highest BCUT2D eigenvalue weighted by Crippen LogP contribution is 2.24. The van der Waals surface area contributed by atoms with Crippen molar-refractivity contribution in [3.8, 4) is 0 Å². The molecule has 1 aliphatic carbocycles. The van der Waals surface area contributed by atoms with E-state index in [-0.39, 0.29) is 17.6 Å². The third kappa shape index (κ3) is 6.66. The van der Waals surface area contributed by atoms with Crippen LogP contribution in [0, 0.1) is 10.8 Å². The van der Waals surface area contributed by atoms with Crippen LogP contribution < -0.4 is 0 Å². The number of ether oxygens (including phenoxy) is 2. The van der Waals surface area contributed by atoms with Crippen molar-refractivity contribution in [2.24, 2.45) is 5.41 Å². The molecule has 114 valence electrons. The van der Waals surface area contributed by atoms with E-state index in [9.17, 15) is 5.11 Å². The summed E-state index contributed by atoms with van der Waals surface area (Å²) in [6.07, 6.45) is 11.2. The Hall–Kier alpha value is -2.22. The molecule has 0 aromatic heterocycles. The molecule has 1 rings (SSSR count). The number of aliphatic hydroxyl groups excluding tert-OH is 1. The van der Waals surface area contributed by atoms with Gasteiger partial charge in [0.15, 0.2) is 4.98 Å². The molecule has 0 radical (unpaired) electrons. The van der Waals surface area contributed by atoms with Crippen LogP contribution in [-0.2, 0) is 9.47 Å². The number of allylic oxidation sites excluding steroid dienone is 5. The van der Waals surface area contributed by atoms with E-state index in [2.05, 4.69) is 31.0 Å². The summed E-state index contributed by atoms with van der Waals surface area (Å²) < 4.78 is 11.0. The van der Waals surface area contributed by atoms with Gasteiger partial charge in [-0.25, -0.2) is 0 Å². The van der Waals surface area contributed by atoms with Crippen LogP contribution in [-0.4, -0.2) is 17.3 Å². The third-order valence-corrected chi connectivity index (χ3v) is 2.95. The van der Waals surface area contributed by atoms with Crippen LogP contribution in [0.25, 0.3) is 4.98 Å². The summed E-state index contributed by atoms with van der Waals surface area (Å²) in [5.74, 6) is 0.372. The first kappa shape index (κ1) is 16.8. The minimum atomic E-state index is -0.421. The van der Waals surface area contributed by atoms with Gasteiger partial charge in [0, 0.05) is 11.8 Å². The lowest BCUT2D eigenvalue weighted by Gasteiger charge is -2.19. The highest BCUT2D eigenvalue weighted by Gasteiger charge is 2.16. The molecular formula is C16H23N2O3+. The number of rotatable bonds is 6. The van der Waals surface area contributed by atoms with E-state index in [0.717, 1.165) is 12.0 Å². The molecule has 0 aliphatic heterocycles. The number of hydrogen-bond acceptors (Lipinski definition) is 4. The van der Waals surface area contributed by atoms with Gasteiger partial charge in [0.1, 0.15) is 11.9 Å². The van der Waals surface area contributed by atoms with Crippen LogP contribution in [0.3, 0.4) is 0 Å². The topological polar surface area (TPSA) is 66.8 Å². The molecule has 0 aromatic carbocycles. The predicted octanol–water partition coefficient (Wildman–Crippen LogP) is 4.43. The van der Waals surface area contributed by atoms with E-state index in [1.54, 1.807) is 0 Å². The summed E-state index contributed by atoms with van der Waals surface area (Å²) in [5.41, 5.74) is 0.0195. The number of diazo groups is 1. The highest BCUT2D eigenvalue weighted by atomic mass is 16.6. The van der Waals surface area contributed by atoms with Crippen LogP contribution >= 0.6 is 0 Å². The van der Waals surface area contributed by atoms with Crippen LogP contribution in [0.1, 0.15) is 34.1 Å². The monoisotopic (exact) mass is 291 g/mol. The van der Waals surface area contributed by atoms with E-state index in [1.807, 2.05) is 32.1 Å². The summed E-state index contributed by atoms with van der Waals surface area (Å²) >= 11 is 0. The Bertz CT molecular complexity index is 510. The lowest BCUT2D eigenvalue weighted by molar-refractivity contribution is 0.00908. The Morgan fingerprint density at radius 3 is 2.76 bits per heavy atom. The lowest BCUT2D eigenvalue weighted by Crippen LogP contribution is -2.18. The molecule has 21 heavy (non-hydrogen) atoms. The maximum Gasteiger partial charge on any atom is 0.429 e. The van der Waals surface area contributed by atoms with Gasteiger partial charge in [-0.05, 0) is 26.0 Å². The Labute approximate surface area is 125 Å². The number of hydrogen-bond donors (Lipinski definition) is 1. The zero-order valence-corrected chi connectivity index (χ0v) is 13.0. The zero-order valence-electron chi connectivity index (χ0n) is 13.0. The van der Waals surface area contributed by atoms with E-state index in [0.29, 0.717) is 6.42 Å². The van der Waals surface area contributed by atoms with Gasteiger partial charge in [0.05, 0.1) is 6.10 Å². The first-order chi connectivity index (χ1) is 9.82. The smallest absolute Gasteiger partial charge is 0.429 e. The van der Waals surface area contributed by atoms with Gasteiger partial charge in [-0.1, -0.05) is 32.1 Å². The second-order valence-corrected chi connectivity index (χ2v) is 5.76. The first-order valence-corrected chi connectivity index (χ1v) is 6.98. The minimum absolute atomic E-state index is 0.0195. The van der Waals surface area contributed by atoms with Crippen molar-refractivity contribution in [1.82, 2.24) is 0 Å². The fraction of sp³-hybridized carbons (Fsp3) is 0.500. The van der Waals surface area contributed by atoms with Crippen molar-refractivity contribution in [3.63, 3.8) is 0 Å². The molecule has 0 unspecified atom stereocenters. The Morgan fingerprint density at radius 1 is 1.38 bits per heavy atom. The normalized spacial score (nSPS) is 20.0. The van der Waals surface area contributed by atoms with Crippen molar-refractivity contribution < 1.29 is 14.6 Å². The predicted molar refractivity (Wildman–Crippen MR) is 81.7 cm³/mol. The van der Waals surface area contributed by atoms with Gasteiger partial charge in [-0.2, -0.15) is 0 Å². The van der Waals surface area contributed by atoms with Crippen molar-refractivity contribution in [1.29, 1.82) is 5.39 Å². The quantitative estimate of drug-likeness (QED) is 0.580. The average molecular weight is 291 g/mol. The van der Waals surface area contributed by atoms with Crippen LogP contribution in [0.4, 0.5) is 0 Å². The van der Waals surface area contributed by atoms with Crippen molar-refractivity contribution in [2.75, 3.05) is 0 Å². The Balaban J connectivity index is 2.49. The SMILES string of the molecule is C[C@H](C[C@@H](C)O/C(O)=C/[N+]#N)OC1=CC=CC(C)(C)C=C1. The first-order valence-electron chi connectivity index (χ1n) is 6.98. The zero-order chi connectivity index (χ0) is 15.9. The second-order valence-electron chi connectivity index (χ2n) is 5.76. The maximum atomic E-state index is 9.26. The standard InChI is InChI=1S/C16H22N2O3/c1-12(10-13(2)21-15(19)11-18-17)20-14-6-5-8-16(3,4)9-7-14/h5-9,11-13H,10H2,1-4H3/p+1/b15-11+/t12-,13-/m1/s1. The third-order valence-electron chi connectivity index (χ3n) is 2.95. The summed E-state index contributed by atoms with van der Waals surface area (Å²) in [7, 11) is 0. The molecular weight excluding hydrogens is 268 g/mol. The molecule has 0 spiro atoms. The molecule has 1 aliphatic rings. The largest absolute Gasteiger partial charge is 0.491 e. The second kappa shape index (κ2) is 7.53. The van der Waals surface area contributed by atoms with Gasteiger partial charge in [0.2, 0.25) is 5.39 Å². The van der Waals surface area contributed by atoms with E-state index in [1.165, 1.54) is 0 Å². The maximum absolute atomic E-state index is 9.26. The van der Waals surface area contributed by atoms with Crippen LogP contribution in [0.15, 0.2) is 48.3 Å². The fourth-order valence-electron chi connectivity index (χ4n) is 1.96. The molecule has 0 aromatic rings. The number of aliphatic hydroxyl groups is 1. The van der Waals surface area contributed by atoms with Crippen molar-refractivity contribution >= 4 is 0 Å². The van der Waals surface area contributed by atoms with E-state index >= 15 is 0 Å². The van der Waals surface area contributed by atoms with Gasteiger partial charge in [-0.15, -0.1) is 0 Å². The molecule has 5 nitrogen and oxygen atoms in total. The molecule has 1 N–H and O–H groups in total.